The van der Waals surface area contributed by atoms with Crippen molar-refractivity contribution in [3.63, 3.8) is 0 Å². The first kappa shape index (κ1) is 10.8. The summed E-state index contributed by atoms with van der Waals surface area (Å²) in [5.41, 5.74) is 5.61. The molecule has 3 nitrogen and oxygen atoms in total. The number of phenolic OH excluding ortho intramolecular Hbond substituents is 1. The number of rotatable bonds is 2. The molecule has 0 unspecified atom stereocenters. The molecular formula is C12H10ClNO2. The number of hydrogen-bond donors (Lipinski definition) is 2. The van der Waals surface area contributed by atoms with Crippen LogP contribution in [-0.4, -0.2) is 11.0 Å². The minimum atomic E-state index is -0.475. The highest BCUT2D eigenvalue weighted by atomic mass is 35.5. The van der Waals surface area contributed by atoms with Gasteiger partial charge in [0.1, 0.15) is 5.75 Å². The highest BCUT2D eigenvalue weighted by molar-refractivity contribution is 6.31. The Morgan fingerprint density at radius 2 is 2.00 bits per heavy atom. The maximum absolute atomic E-state index is 10.8. The van der Waals surface area contributed by atoms with E-state index in [-0.39, 0.29) is 12.2 Å². The van der Waals surface area contributed by atoms with Crippen LogP contribution >= 0.6 is 11.6 Å². The second-order valence-electron chi connectivity index (χ2n) is 3.62. The molecule has 0 aliphatic heterocycles. The van der Waals surface area contributed by atoms with Gasteiger partial charge in [0.2, 0.25) is 5.91 Å². The first-order valence-corrected chi connectivity index (χ1v) is 5.13. The summed E-state index contributed by atoms with van der Waals surface area (Å²) in [6, 6.07) is 8.66. The molecule has 2 aromatic rings. The van der Waals surface area contributed by atoms with Crippen molar-refractivity contribution in [2.24, 2.45) is 5.73 Å². The van der Waals surface area contributed by atoms with Crippen molar-refractivity contribution < 1.29 is 9.90 Å². The van der Waals surface area contributed by atoms with Gasteiger partial charge in [0.05, 0.1) is 6.42 Å². The molecular weight excluding hydrogens is 226 g/mol. The fourth-order valence-electron chi connectivity index (χ4n) is 1.63. The van der Waals surface area contributed by atoms with Crippen LogP contribution in [0.5, 0.6) is 5.75 Å². The third kappa shape index (κ3) is 2.09. The Morgan fingerprint density at radius 3 is 2.69 bits per heavy atom. The van der Waals surface area contributed by atoms with E-state index in [1.807, 2.05) is 6.07 Å². The number of carbonyl (C=O) groups is 1. The summed E-state index contributed by atoms with van der Waals surface area (Å²) in [5, 5.41) is 12.0. The normalized spacial score (nSPS) is 10.6. The van der Waals surface area contributed by atoms with Gasteiger partial charge >= 0.3 is 0 Å². The predicted molar refractivity (Wildman–Crippen MR) is 63.5 cm³/mol. The molecule has 16 heavy (non-hydrogen) atoms. The minimum absolute atomic E-state index is 0.0221. The fourth-order valence-corrected chi connectivity index (χ4v) is 1.81. The molecule has 0 fully saturated rings. The smallest absolute Gasteiger partial charge is 0.221 e. The van der Waals surface area contributed by atoms with Crippen LogP contribution in [0.3, 0.4) is 0 Å². The van der Waals surface area contributed by atoms with E-state index in [1.54, 1.807) is 24.3 Å². The van der Waals surface area contributed by atoms with Gasteiger partial charge in [-0.05, 0) is 35.0 Å². The van der Waals surface area contributed by atoms with E-state index in [0.717, 1.165) is 10.8 Å². The maximum atomic E-state index is 10.8. The Labute approximate surface area is 97.4 Å². The van der Waals surface area contributed by atoms with Crippen LogP contribution in [-0.2, 0) is 11.2 Å². The fraction of sp³-hybridized carbons (Fsp3) is 0.0833. The molecule has 0 saturated heterocycles. The lowest BCUT2D eigenvalue weighted by Crippen LogP contribution is -2.13. The van der Waals surface area contributed by atoms with Gasteiger partial charge in [0.25, 0.3) is 0 Å². The van der Waals surface area contributed by atoms with Gasteiger partial charge in [-0.2, -0.15) is 0 Å². The lowest BCUT2D eigenvalue weighted by Gasteiger charge is -2.05. The van der Waals surface area contributed by atoms with Gasteiger partial charge in [-0.25, -0.2) is 0 Å². The van der Waals surface area contributed by atoms with E-state index in [4.69, 9.17) is 17.3 Å². The molecule has 0 aliphatic carbocycles. The Balaban J connectivity index is 2.59. The number of fused-ring (bicyclic) bond motifs is 1. The van der Waals surface area contributed by atoms with E-state index >= 15 is 0 Å². The number of primary amides is 1. The highest BCUT2D eigenvalue weighted by Gasteiger charge is 2.07. The standard InChI is InChI=1S/C12H10ClNO2/c13-10-2-1-7-5-11(15)9(6-12(14)16)3-8(7)4-10/h1-5,15H,6H2,(H2,14,16). The van der Waals surface area contributed by atoms with Crippen molar-refractivity contribution >= 4 is 28.3 Å². The number of carbonyl (C=O) groups excluding carboxylic acids is 1. The number of amides is 1. The minimum Gasteiger partial charge on any atom is -0.508 e. The first-order chi connectivity index (χ1) is 7.56. The zero-order chi connectivity index (χ0) is 11.7. The second-order valence-corrected chi connectivity index (χ2v) is 4.05. The van der Waals surface area contributed by atoms with Crippen molar-refractivity contribution in [3.05, 3.63) is 40.9 Å². The van der Waals surface area contributed by atoms with Gasteiger partial charge in [-0.1, -0.05) is 17.7 Å². The van der Waals surface area contributed by atoms with Crippen LogP contribution in [0.4, 0.5) is 0 Å². The number of halogens is 1. The lowest BCUT2D eigenvalue weighted by molar-refractivity contribution is -0.117. The van der Waals surface area contributed by atoms with Crippen molar-refractivity contribution in [2.75, 3.05) is 0 Å². The summed E-state index contributed by atoms with van der Waals surface area (Å²) in [5.74, 6) is -0.398. The quantitative estimate of drug-likeness (QED) is 0.839. The number of phenols is 1. The van der Waals surface area contributed by atoms with E-state index in [0.29, 0.717) is 10.6 Å². The Kier molecular flexibility index (Phi) is 2.71. The molecule has 0 heterocycles. The van der Waals surface area contributed by atoms with E-state index < -0.39 is 5.91 Å². The predicted octanol–water partition coefficient (Wildman–Crippen LogP) is 2.23. The molecule has 0 radical (unpaired) electrons. The van der Waals surface area contributed by atoms with Crippen LogP contribution in [0.15, 0.2) is 30.3 Å². The molecule has 0 spiro atoms. The SMILES string of the molecule is NC(=O)Cc1cc2cc(Cl)ccc2cc1O. The van der Waals surface area contributed by atoms with Crippen LogP contribution in [0, 0.1) is 0 Å². The van der Waals surface area contributed by atoms with Crippen molar-refractivity contribution in [2.45, 2.75) is 6.42 Å². The monoisotopic (exact) mass is 235 g/mol. The van der Waals surface area contributed by atoms with Crippen molar-refractivity contribution in [1.29, 1.82) is 0 Å². The number of hydrogen-bond acceptors (Lipinski definition) is 2. The summed E-state index contributed by atoms with van der Waals surface area (Å²) in [6.07, 6.45) is 0.0221. The van der Waals surface area contributed by atoms with Gasteiger partial charge < -0.3 is 10.8 Å². The lowest BCUT2D eigenvalue weighted by atomic mass is 10.0. The topological polar surface area (TPSA) is 63.3 Å². The zero-order valence-corrected chi connectivity index (χ0v) is 9.16. The van der Waals surface area contributed by atoms with Crippen molar-refractivity contribution in [3.8, 4) is 5.75 Å². The summed E-state index contributed by atoms with van der Waals surface area (Å²) in [4.78, 5) is 10.8. The molecule has 82 valence electrons. The molecule has 0 aromatic heterocycles. The van der Waals surface area contributed by atoms with Gasteiger partial charge in [-0.15, -0.1) is 0 Å². The van der Waals surface area contributed by atoms with Crippen LogP contribution in [0.2, 0.25) is 5.02 Å². The number of aromatic hydroxyl groups is 1. The van der Waals surface area contributed by atoms with Crippen LogP contribution < -0.4 is 5.73 Å². The highest BCUT2D eigenvalue weighted by Crippen LogP contribution is 2.27. The van der Waals surface area contributed by atoms with E-state index in [1.165, 1.54) is 0 Å². The largest absolute Gasteiger partial charge is 0.508 e. The van der Waals surface area contributed by atoms with Crippen LogP contribution in [0.1, 0.15) is 5.56 Å². The molecule has 0 bridgehead atoms. The summed E-state index contributed by atoms with van der Waals surface area (Å²) in [6.45, 7) is 0. The van der Waals surface area contributed by atoms with Crippen molar-refractivity contribution in [1.82, 2.24) is 0 Å². The zero-order valence-electron chi connectivity index (χ0n) is 8.40. The second kappa shape index (κ2) is 4.02. The van der Waals surface area contributed by atoms with Gasteiger partial charge in [-0.3, -0.25) is 4.79 Å². The maximum Gasteiger partial charge on any atom is 0.221 e. The van der Waals surface area contributed by atoms with E-state index in [9.17, 15) is 9.90 Å². The molecule has 4 heteroatoms. The Morgan fingerprint density at radius 1 is 1.25 bits per heavy atom. The third-order valence-electron chi connectivity index (χ3n) is 2.36. The Hall–Kier alpha value is -1.74. The molecule has 0 atom stereocenters. The molecule has 0 aliphatic rings. The average molecular weight is 236 g/mol. The molecule has 2 aromatic carbocycles. The van der Waals surface area contributed by atoms with E-state index in [2.05, 4.69) is 0 Å². The summed E-state index contributed by atoms with van der Waals surface area (Å²) < 4.78 is 0. The Bertz CT molecular complexity index is 566. The van der Waals surface area contributed by atoms with Gasteiger partial charge in [0, 0.05) is 10.6 Å². The summed E-state index contributed by atoms with van der Waals surface area (Å²) in [7, 11) is 0. The molecule has 2 rings (SSSR count). The average Bonchev–Trinajstić information content (AvgIpc) is 2.19. The van der Waals surface area contributed by atoms with Crippen LogP contribution in [0.25, 0.3) is 10.8 Å². The van der Waals surface area contributed by atoms with Gasteiger partial charge in [0.15, 0.2) is 0 Å². The molecule has 1 amide bonds. The number of nitrogens with two attached hydrogens (primary N) is 1. The third-order valence-corrected chi connectivity index (χ3v) is 2.60. The first-order valence-electron chi connectivity index (χ1n) is 4.76. The number of benzene rings is 2. The molecule has 3 N–H and O–H groups in total. The summed E-state index contributed by atoms with van der Waals surface area (Å²) >= 11 is 5.86. The molecule has 0 saturated carbocycles.